The average Bonchev–Trinajstić information content (AvgIpc) is 2.67. The van der Waals surface area contributed by atoms with Crippen LogP contribution in [0.25, 0.3) is 0 Å². The smallest absolute Gasteiger partial charge is 0.409 e. The highest BCUT2D eigenvalue weighted by molar-refractivity contribution is 5.80. The standard InChI is InChI=1S/C21H34N4O3/c1-6-27-20(26)25-12-10-24(11-13-25)19(22-5)23-15-17-8-7-9-18(14-17)16-28-21(2,3)4/h7-9,14H,6,10-13,15-16H2,1-5H3,(H,22,23). The van der Waals surface area contributed by atoms with Gasteiger partial charge in [-0.3, -0.25) is 4.99 Å². The maximum Gasteiger partial charge on any atom is 0.409 e. The van der Waals surface area contributed by atoms with Crippen LogP contribution in [0.15, 0.2) is 29.3 Å². The van der Waals surface area contributed by atoms with Crippen LogP contribution in [0.5, 0.6) is 0 Å². The number of rotatable bonds is 5. The molecular weight excluding hydrogens is 356 g/mol. The van der Waals surface area contributed by atoms with Crippen LogP contribution in [0.2, 0.25) is 0 Å². The van der Waals surface area contributed by atoms with Gasteiger partial charge >= 0.3 is 6.09 Å². The van der Waals surface area contributed by atoms with E-state index in [1.807, 2.05) is 6.92 Å². The van der Waals surface area contributed by atoms with Crippen molar-refractivity contribution >= 4 is 12.1 Å². The number of carbonyl (C=O) groups excluding carboxylic acids is 1. The molecule has 0 unspecified atom stereocenters. The number of hydrogen-bond donors (Lipinski definition) is 1. The number of benzene rings is 1. The third kappa shape index (κ3) is 7.03. The van der Waals surface area contributed by atoms with Crippen molar-refractivity contribution in [3.63, 3.8) is 0 Å². The van der Waals surface area contributed by atoms with E-state index >= 15 is 0 Å². The van der Waals surface area contributed by atoms with Crippen molar-refractivity contribution in [2.75, 3.05) is 39.8 Å². The monoisotopic (exact) mass is 390 g/mol. The number of ether oxygens (including phenoxy) is 2. The van der Waals surface area contributed by atoms with Crippen molar-refractivity contribution < 1.29 is 14.3 Å². The highest BCUT2D eigenvalue weighted by atomic mass is 16.6. The lowest BCUT2D eigenvalue weighted by molar-refractivity contribution is -0.0149. The minimum Gasteiger partial charge on any atom is -0.450 e. The van der Waals surface area contributed by atoms with Gasteiger partial charge in [0.15, 0.2) is 5.96 Å². The van der Waals surface area contributed by atoms with Crippen molar-refractivity contribution in [3.05, 3.63) is 35.4 Å². The molecule has 7 nitrogen and oxygen atoms in total. The van der Waals surface area contributed by atoms with Gasteiger partial charge in [-0.1, -0.05) is 24.3 Å². The normalized spacial score (nSPS) is 15.5. The zero-order chi connectivity index (χ0) is 20.6. The Morgan fingerprint density at radius 1 is 1.14 bits per heavy atom. The number of carbonyl (C=O) groups is 1. The van der Waals surface area contributed by atoms with Gasteiger partial charge in [0.1, 0.15) is 0 Å². The van der Waals surface area contributed by atoms with Gasteiger partial charge in [-0.2, -0.15) is 0 Å². The molecule has 1 aliphatic rings. The number of hydrogen-bond acceptors (Lipinski definition) is 4. The third-order valence-corrected chi connectivity index (χ3v) is 4.43. The second-order valence-electron chi connectivity index (χ2n) is 7.79. The lowest BCUT2D eigenvalue weighted by Gasteiger charge is -2.35. The van der Waals surface area contributed by atoms with Gasteiger partial charge in [-0.25, -0.2) is 4.79 Å². The first-order valence-electron chi connectivity index (χ1n) is 9.91. The Hall–Kier alpha value is -2.28. The summed E-state index contributed by atoms with van der Waals surface area (Å²) in [4.78, 5) is 20.1. The SMILES string of the molecule is CCOC(=O)N1CCN(C(=NC)NCc2cccc(COC(C)(C)C)c2)CC1. The summed E-state index contributed by atoms with van der Waals surface area (Å²) < 4.78 is 10.9. The fourth-order valence-corrected chi connectivity index (χ4v) is 2.96. The molecule has 1 amide bonds. The van der Waals surface area contributed by atoms with E-state index in [9.17, 15) is 4.79 Å². The minimum absolute atomic E-state index is 0.151. The van der Waals surface area contributed by atoms with E-state index in [4.69, 9.17) is 9.47 Å². The molecule has 2 rings (SSSR count). The van der Waals surface area contributed by atoms with Gasteiger partial charge in [0.05, 0.1) is 18.8 Å². The maximum atomic E-state index is 11.8. The van der Waals surface area contributed by atoms with Crippen molar-refractivity contribution in [1.29, 1.82) is 0 Å². The molecule has 1 heterocycles. The Balaban J connectivity index is 1.85. The second kappa shape index (κ2) is 10.3. The number of nitrogens with one attached hydrogen (secondary N) is 1. The first-order chi connectivity index (χ1) is 13.3. The molecule has 7 heteroatoms. The maximum absolute atomic E-state index is 11.8. The van der Waals surface area contributed by atoms with Crippen LogP contribution >= 0.6 is 0 Å². The Morgan fingerprint density at radius 3 is 2.39 bits per heavy atom. The predicted molar refractivity (Wildman–Crippen MR) is 111 cm³/mol. The van der Waals surface area contributed by atoms with Gasteiger partial charge in [-0.15, -0.1) is 0 Å². The number of nitrogens with zero attached hydrogens (tertiary/aromatic N) is 3. The summed E-state index contributed by atoms with van der Waals surface area (Å²) in [6.07, 6.45) is -0.237. The van der Waals surface area contributed by atoms with Crippen molar-refractivity contribution in [1.82, 2.24) is 15.1 Å². The van der Waals surface area contributed by atoms with Crippen LogP contribution in [0.1, 0.15) is 38.8 Å². The first-order valence-corrected chi connectivity index (χ1v) is 9.91. The van der Waals surface area contributed by atoms with Crippen molar-refractivity contribution in [3.8, 4) is 0 Å². The van der Waals surface area contributed by atoms with Gasteiger partial charge in [0, 0.05) is 39.8 Å². The Morgan fingerprint density at radius 2 is 1.79 bits per heavy atom. The van der Waals surface area contributed by atoms with E-state index in [0.717, 1.165) is 24.6 Å². The molecule has 0 atom stereocenters. The lowest BCUT2D eigenvalue weighted by Crippen LogP contribution is -2.53. The highest BCUT2D eigenvalue weighted by Crippen LogP contribution is 2.13. The van der Waals surface area contributed by atoms with Crippen LogP contribution in [0.3, 0.4) is 0 Å². The molecule has 0 saturated carbocycles. The molecule has 1 saturated heterocycles. The summed E-state index contributed by atoms with van der Waals surface area (Å²) in [6, 6.07) is 8.39. The molecule has 28 heavy (non-hydrogen) atoms. The second-order valence-corrected chi connectivity index (χ2v) is 7.79. The first kappa shape index (κ1) is 22.0. The Labute approximate surface area is 168 Å². The molecule has 0 bridgehead atoms. The molecule has 1 aromatic rings. The summed E-state index contributed by atoms with van der Waals surface area (Å²) in [5, 5.41) is 3.42. The molecule has 156 valence electrons. The Bertz CT molecular complexity index is 662. The summed E-state index contributed by atoms with van der Waals surface area (Å²) in [5.41, 5.74) is 2.19. The van der Waals surface area contributed by atoms with Gasteiger partial charge in [0.2, 0.25) is 0 Å². The van der Waals surface area contributed by atoms with Crippen molar-refractivity contribution in [2.24, 2.45) is 4.99 Å². The minimum atomic E-state index is -0.237. The summed E-state index contributed by atoms with van der Waals surface area (Å²) in [7, 11) is 1.79. The van der Waals surface area contributed by atoms with E-state index in [0.29, 0.717) is 32.8 Å². The largest absolute Gasteiger partial charge is 0.450 e. The van der Waals surface area contributed by atoms with Crippen molar-refractivity contribution in [2.45, 2.75) is 46.4 Å². The molecule has 1 fully saturated rings. The fourth-order valence-electron chi connectivity index (χ4n) is 2.96. The highest BCUT2D eigenvalue weighted by Gasteiger charge is 2.23. The van der Waals surface area contributed by atoms with Crippen LogP contribution in [-0.4, -0.2) is 67.3 Å². The van der Waals surface area contributed by atoms with E-state index in [2.05, 4.69) is 60.2 Å². The molecule has 1 aromatic carbocycles. The van der Waals surface area contributed by atoms with Crippen LogP contribution in [0.4, 0.5) is 4.79 Å². The summed E-state index contributed by atoms with van der Waals surface area (Å²) in [5.74, 6) is 0.847. The summed E-state index contributed by atoms with van der Waals surface area (Å²) in [6.45, 7) is 12.4. The molecule has 0 radical (unpaired) electrons. The number of amides is 1. The van der Waals surface area contributed by atoms with E-state index in [-0.39, 0.29) is 11.7 Å². The number of piperazine rings is 1. The Kier molecular flexibility index (Phi) is 8.11. The summed E-state index contributed by atoms with van der Waals surface area (Å²) >= 11 is 0. The molecule has 0 aliphatic carbocycles. The molecular formula is C21H34N4O3. The quantitative estimate of drug-likeness (QED) is 0.619. The topological polar surface area (TPSA) is 66.4 Å². The lowest BCUT2D eigenvalue weighted by atomic mass is 10.1. The molecule has 0 spiro atoms. The van der Waals surface area contributed by atoms with E-state index < -0.39 is 0 Å². The third-order valence-electron chi connectivity index (χ3n) is 4.43. The molecule has 0 aromatic heterocycles. The number of guanidine groups is 1. The van der Waals surface area contributed by atoms with Crippen LogP contribution in [0, 0.1) is 0 Å². The molecule has 1 N–H and O–H groups in total. The van der Waals surface area contributed by atoms with Crippen LogP contribution in [-0.2, 0) is 22.6 Å². The average molecular weight is 391 g/mol. The number of aliphatic imine (C=N–C) groups is 1. The van der Waals surface area contributed by atoms with Gasteiger partial charge in [-0.05, 0) is 38.8 Å². The molecule has 1 aliphatic heterocycles. The zero-order valence-corrected chi connectivity index (χ0v) is 17.8. The fraction of sp³-hybridized carbons (Fsp3) is 0.619. The van der Waals surface area contributed by atoms with Crippen LogP contribution < -0.4 is 5.32 Å². The zero-order valence-electron chi connectivity index (χ0n) is 17.8. The predicted octanol–water partition coefficient (Wildman–Crippen LogP) is 2.85. The van der Waals surface area contributed by atoms with E-state index in [1.165, 1.54) is 5.56 Å². The van der Waals surface area contributed by atoms with Gasteiger partial charge < -0.3 is 24.6 Å². The van der Waals surface area contributed by atoms with Gasteiger partial charge in [0.25, 0.3) is 0 Å². The van der Waals surface area contributed by atoms with E-state index in [1.54, 1.807) is 11.9 Å².